The normalized spacial score (nSPS) is 35.6. The number of likely N-dealkylation sites (tertiary alicyclic amines) is 1. The van der Waals surface area contributed by atoms with E-state index < -0.39 is 20.6 Å². The number of hydrogen-bond acceptors (Lipinski definition) is 4. The molecule has 4 nitrogen and oxygen atoms in total. The predicted molar refractivity (Wildman–Crippen MR) is 66.3 cm³/mol. The number of sulfone groups is 1. The van der Waals surface area contributed by atoms with E-state index in [1.165, 1.54) is 12.7 Å². The van der Waals surface area contributed by atoms with Crippen LogP contribution in [0.2, 0.25) is 0 Å². The van der Waals surface area contributed by atoms with Crippen LogP contribution in [0.1, 0.15) is 38.5 Å². The van der Waals surface area contributed by atoms with Crippen LogP contribution in [0.3, 0.4) is 0 Å². The summed E-state index contributed by atoms with van der Waals surface area (Å²) in [6, 6.07) is 2.35. The molecule has 1 heterocycles. The maximum atomic E-state index is 11.9. The van der Waals surface area contributed by atoms with Crippen molar-refractivity contribution in [2.24, 2.45) is 0 Å². The number of rotatable bonds is 2. The highest BCUT2D eigenvalue weighted by atomic mass is 32.2. The van der Waals surface area contributed by atoms with Crippen molar-refractivity contribution in [2.75, 3.05) is 19.3 Å². The van der Waals surface area contributed by atoms with Gasteiger partial charge in [-0.3, -0.25) is 4.90 Å². The molecule has 17 heavy (non-hydrogen) atoms. The van der Waals surface area contributed by atoms with Gasteiger partial charge >= 0.3 is 0 Å². The van der Waals surface area contributed by atoms with Crippen LogP contribution in [0.25, 0.3) is 0 Å². The largest absolute Gasteiger partial charge is 0.284 e. The fourth-order valence-electron chi connectivity index (χ4n) is 3.38. The Balaban J connectivity index is 2.32. The van der Waals surface area contributed by atoms with Crippen molar-refractivity contribution in [3.8, 4) is 6.07 Å². The van der Waals surface area contributed by atoms with Crippen molar-refractivity contribution in [1.29, 1.82) is 5.26 Å². The zero-order chi connectivity index (χ0) is 12.5. The van der Waals surface area contributed by atoms with Crippen LogP contribution in [-0.4, -0.2) is 43.5 Å². The highest BCUT2D eigenvalue weighted by molar-refractivity contribution is 7.91. The van der Waals surface area contributed by atoms with Crippen LogP contribution < -0.4 is 0 Å². The Labute approximate surface area is 104 Å². The highest BCUT2D eigenvalue weighted by Crippen LogP contribution is 2.40. The van der Waals surface area contributed by atoms with Crippen LogP contribution in [0.15, 0.2) is 0 Å². The Bertz CT molecular complexity index is 420. The molecule has 0 N–H and O–H groups in total. The molecule has 2 unspecified atom stereocenters. The van der Waals surface area contributed by atoms with Gasteiger partial charge in [0.2, 0.25) is 0 Å². The molecule has 5 heteroatoms. The van der Waals surface area contributed by atoms with Gasteiger partial charge in [0.05, 0.1) is 11.3 Å². The molecule has 0 bridgehead atoms. The topological polar surface area (TPSA) is 61.2 Å². The minimum absolute atomic E-state index is 0.488. The number of nitrogens with zero attached hydrogens (tertiary/aromatic N) is 2. The Morgan fingerprint density at radius 3 is 2.41 bits per heavy atom. The quantitative estimate of drug-likeness (QED) is 0.748. The lowest BCUT2D eigenvalue weighted by Gasteiger charge is -2.41. The number of hydrogen-bond donors (Lipinski definition) is 0. The smallest absolute Gasteiger partial charge is 0.153 e. The van der Waals surface area contributed by atoms with Crippen LogP contribution in [-0.2, 0) is 9.84 Å². The molecule has 0 amide bonds. The summed E-state index contributed by atoms with van der Waals surface area (Å²) < 4.78 is 23.7. The van der Waals surface area contributed by atoms with E-state index in [1.807, 2.05) is 0 Å². The molecule has 1 aliphatic heterocycles. The molecule has 0 aromatic rings. The summed E-state index contributed by atoms with van der Waals surface area (Å²) in [5.74, 6) is 0. The molecule has 2 aliphatic rings. The van der Waals surface area contributed by atoms with Gasteiger partial charge in [0.15, 0.2) is 9.84 Å². The molecule has 1 saturated heterocycles. The lowest BCUT2D eigenvalue weighted by Crippen LogP contribution is -2.56. The van der Waals surface area contributed by atoms with Gasteiger partial charge in [-0.25, -0.2) is 8.42 Å². The average molecular weight is 256 g/mol. The second kappa shape index (κ2) is 4.58. The number of piperidine rings is 1. The third-order valence-electron chi connectivity index (χ3n) is 4.19. The third kappa shape index (κ3) is 2.21. The van der Waals surface area contributed by atoms with Crippen molar-refractivity contribution in [1.82, 2.24) is 4.90 Å². The Morgan fingerprint density at radius 1 is 1.24 bits per heavy atom. The molecule has 2 rings (SSSR count). The maximum absolute atomic E-state index is 11.9. The fourth-order valence-corrected chi connectivity index (χ4v) is 5.00. The Hall–Kier alpha value is -0.600. The summed E-state index contributed by atoms with van der Waals surface area (Å²) in [6.45, 7) is 1.75. The first-order valence-corrected chi connectivity index (χ1v) is 8.31. The van der Waals surface area contributed by atoms with Gasteiger partial charge in [0.25, 0.3) is 0 Å². The Morgan fingerprint density at radius 2 is 1.88 bits per heavy atom. The monoisotopic (exact) mass is 256 g/mol. The summed E-state index contributed by atoms with van der Waals surface area (Å²) in [7, 11) is -3.14. The van der Waals surface area contributed by atoms with Gasteiger partial charge in [-0.1, -0.05) is 6.42 Å². The van der Waals surface area contributed by atoms with Crippen LogP contribution in [0.4, 0.5) is 0 Å². The fraction of sp³-hybridized carbons (Fsp3) is 0.917. The second-order valence-electron chi connectivity index (χ2n) is 5.29. The molecule has 0 aromatic heterocycles. The van der Waals surface area contributed by atoms with Crippen molar-refractivity contribution < 1.29 is 8.42 Å². The van der Waals surface area contributed by atoms with E-state index in [0.29, 0.717) is 12.8 Å². The highest BCUT2D eigenvalue weighted by Gasteiger charge is 2.52. The number of nitriles is 1. The predicted octanol–water partition coefficient (Wildman–Crippen LogP) is 1.33. The van der Waals surface area contributed by atoms with Gasteiger partial charge < -0.3 is 0 Å². The van der Waals surface area contributed by atoms with Gasteiger partial charge in [0.1, 0.15) is 5.54 Å². The van der Waals surface area contributed by atoms with Crippen molar-refractivity contribution in [3.05, 3.63) is 0 Å². The minimum Gasteiger partial charge on any atom is -0.284 e. The van der Waals surface area contributed by atoms with Crippen LogP contribution in [0, 0.1) is 11.3 Å². The standard InChI is InChI=1S/C12H20N2O2S/c1-17(15,16)11-6-5-7-12(11,10-13)14-8-3-2-4-9-14/h11H,2-9H2,1H3. The van der Waals surface area contributed by atoms with Gasteiger partial charge in [-0.05, 0) is 45.2 Å². The minimum atomic E-state index is -3.14. The molecule has 96 valence electrons. The lowest BCUT2D eigenvalue weighted by molar-refractivity contribution is 0.117. The first kappa shape index (κ1) is 12.8. The van der Waals surface area contributed by atoms with E-state index in [0.717, 1.165) is 32.4 Å². The molecule has 0 radical (unpaired) electrons. The molecule has 0 aromatic carbocycles. The molecule has 0 spiro atoms. The van der Waals surface area contributed by atoms with Gasteiger partial charge in [-0.15, -0.1) is 0 Å². The van der Waals surface area contributed by atoms with Crippen molar-refractivity contribution in [2.45, 2.75) is 49.3 Å². The molecular formula is C12H20N2O2S. The van der Waals surface area contributed by atoms with E-state index in [1.54, 1.807) is 0 Å². The van der Waals surface area contributed by atoms with Crippen LogP contribution >= 0.6 is 0 Å². The summed E-state index contributed by atoms with van der Waals surface area (Å²) in [5.41, 5.74) is -0.742. The van der Waals surface area contributed by atoms with Crippen molar-refractivity contribution >= 4 is 9.84 Å². The van der Waals surface area contributed by atoms with E-state index >= 15 is 0 Å². The van der Waals surface area contributed by atoms with Gasteiger partial charge in [0, 0.05) is 6.26 Å². The van der Waals surface area contributed by atoms with Crippen molar-refractivity contribution in [3.63, 3.8) is 0 Å². The van der Waals surface area contributed by atoms with Crippen LogP contribution in [0.5, 0.6) is 0 Å². The lowest BCUT2D eigenvalue weighted by atomic mass is 9.93. The molecular weight excluding hydrogens is 236 g/mol. The second-order valence-corrected chi connectivity index (χ2v) is 7.52. The molecule has 1 aliphatic carbocycles. The first-order chi connectivity index (χ1) is 8.00. The maximum Gasteiger partial charge on any atom is 0.153 e. The zero-order valence-corrected chi connectivity index (χ0v) is 11.2. The molecule has 2 atom stereocenters. The van der Waals surface area contributed by atoms with Gasteiger partial charge in [-0.2, -0.15) is 5.26 Å². The van der Waals surface area contributed by atoms with E-state index in [-0.39, 0.29) is 0 Å². The molecule has 2 fully saturated rings. The summed E-state index contributed by atoms with van der Waals surface area (Å²) in [4.78, 5) is 2.13. The summed E-state index contributed by atoms with van der Waals surface area (Å²) >= 11 is 0. The summed E-state index contributed by atoms with van der Waals surface area (Å²) in [5, 5.41) is 9.06. The molecule has 1 saturated carbocycles. The SMILES string of the molecule is CS(=O)(=O)C1CCCC1(C#N)N1CCCCC1. The van der Waals surface area contributed by atoms with E-state index in [9.17, 15) is 13.7 Å². The van der Waals surface area contributed by atoms with E-state index in [4.69, 9.17) is 0 Å². The zero-order valence-electron chi connectivity index (χ0n) is 10.4. The Kier molecular flexibility index (Phi) is 3.46. The average Bonchev–Trinajstić information content (AvgIpc) is 2.75. The first-order valence-electron chi connectivity index (χ1n) is 6.36. The van der Waals surface area contributed by atoms with E-state index in [2.05, 4.69) is 11.0 Å². The third-order valence-corrected chi connectivity index (χ3v) is 5.85. The summed E-state index contributed by atoms with van der Waals surface area (Å²) in [6.07, 6.45) is 6.84.